The summed E-state index contributed by atoms with van der Waals surface area (Å²) in [4.78, 5) is 3.00. The van der Waals surface area contributed by atoms with E-state index in [9.17, 15) is 13.2 Å². The molecule has 0 amide bonds. The van der Waals surface area contributed by atoms with Crippen molar-refractivity contribution in [2.75, 3.05) is 13.2 Å². The van der Waals surface area contributed by atoms with Gasteiger partial charge >= 0.3 is 6.18 Å². The third-order valence-electron chi connectivity index (χ3n) is 3.28. The summed E-state index contributed by atoms with van der Waals surface area (Å²) in [7, 11) is 0. The molecule has 0 aliphatic heterocycles. The van der Waals surface area contributed by atoms with E-state index in [1.807, 2.05) is 6.07 Å². The molecule has 0 atom stereocenters. The highest BCUT2D eigenvalue weighted by molar-refractivity contribution is 8.93. The van der Waals surface area contributed by atoms with Crippen LogP contribution in [0.2, 0.25) is 0 Å². The van der Waals surface area contributed by atoms with Crippen molar-refractivity contribution in [3.05, 3.63) is 42.0 Å². The van der Waals surface area contributed by atoms with Gasteiger partial charge in [0.25, 0.3) is 0 Å². The second-order valence-electron chi connectivity index (χ2n) is 4.73. The minimum Gasteiger partial charge on any atom is -0.492 e. The number of hydrogen-bond acceptors (Lipinski definition) is 2. The van der Waals surface area contributed by atoms with E-state index in [0.717, 1.165) is 28.4 Å². The number of nitrogens with two attached hydrogens (primary N) is 1. The van der Waals surface area contributed by atoms with Crippen LogP contribution in [0.1, 0.15) is 5.56 Å². The van der Waals surface area contributed by atoms with Crippen molar-refractivity contribution in [2.24, 2.45) is 5.73 Å². The Hall–Kier alpha value is -1.73. The zero-order valence-electron chi connectivity index (χ0n) is 11.4. The maximum Gasteiger partial charge on any atom is 0.416 e. The number of ether oxygens (including phenoxy) is 1. The van der Waals surface area contributed by atoms with E-state index in [4.69, 9.17) is 10.5 Å². The van der Waals surface area contributed by atoms with Gasteiger partial charge in [0.05, 0.1) is 11.1 Å². The van der Waals surface area contributed by atoms with Crippen LogP contribution in [0, 0.1) is 0 Å². The first-order chi connectivity index (χ1) is 9.99. The van der Waals surface area contributed by atoms with Gasteiger partial charge in [-0.2, -0.15) is 13.2 Å². The minimum atomic E-state index is -4.35. The maximum absolute atomic E-state index is 12.7. The van der Waals surface area contributed by atoms with E-state index >= 15 is 0 Å². The Labute approximate surface area is 135 Å². The molecular formula is C15H14BrF3N2O. The van der Waals surface area contributed by atoms with Gasteiger partial charge in [0.15, 0.2) is 0 Å². The van der Waals surface area contributed by atoms with E-state index in [-0.39, 0.29) is 17.0 Å². The van der Waals surface area contributed by atoms with Crippen molar-refractivity contribution < 1.29 is 17.9 Å². The first kappa shape index (κ1) is 16.6. The summed E-state index contributed by atoms with van der Waals surface area (Å²) in [6.07, 6.45) is -4.35. The molecule has 0 aliphatic carbocycles. The van der Waals surface area contributed by atoms with Gasteiger partial charge in [-0.05, 0) is 24.3 Å². The lowest BCUT2D eigenvalue weighted by molar-refractivity contribution is -0.137. The lowest BCUT2D eigenvalue weighted by Crippen LogP contribution is -2.10. The highest BCUT2D eigenvalue weighted by atomic mass is 79.9. The number of halogens is 4. The van der Waals surface area contributed by atoms with Gasteiger partial charge in [-0.15, -0.1) is 17.0 Å². The lowest BCUT2D eigenvalue weighted by Gasteiger charge is -2.05. The fraction of sp³-hybridized carbons (Fsp3) is 0.200. The summed E-state index contributed by atoms with van der Waals surface area (Å²) in [5.74, 6) is 0.635. The first-order valence-electron chi connectivity index (χ1n) is 6.44. The fourth-order valence-electron chi connectivity index (χ4n) is 2.33. The number of H-pyrrole nitrogens is 1. The molecule has 1 aromatic heterocycles. The van der Waals surface area contributed by atoms with Crippen molar-refractivity contribution in [3.63, 3.8) is 0 Å². The molecule has 22 heavy (non-hydrogen) atoms. The summed E-state index contributed by atoms with van der Waals surface area (Å²) in [6, 6.07) is 9.07. The molecule has 0 radical (unpaired) electrons. The molecule has 3 N–H and O–H groups in total. The van der Waals surface area contributed by atoms with Crippen molar-refractivity contribution in [1.29, 1.82) is 0 Å². The Balaban J connectivity index is 0.00000176. The molecule has 3 rings (SSSR count). The van der Waals surface area contributed by atoms with Gasteiger partial charge in [0, 0.05) is 28.9 Å². The normalized spacial score (nSPS) is 11.6. The summed E-state index contributed by atoms with van der Waals surface area (Å²) < 4.78 is 43.6. The van der Waals surface area contributed by atoms with E-state index in [1.54, 1.807) is 12.1 Å². The largest absolute Gasteiger partial charge is 0.492 e. The van der Waals surface area contributed by atoms with Gasteiger partial charge < -0.3 is 15.5 Å². The third kappa shape index (κ3) is 3.05. The molecule has 3 nitrogen and oxygen atoms in total. The molecule has 7 heteroatoms. The second kappa shape index (κ2) is 6.18. The molecular weight excluding hydrogens is 361 g/mol. The topological polar surface area (TPSA) is 51.0 Å². The maximum atomic E-state index is 12.7. The molecule has 0 spiro atoms. The molecule has 0 saturated heterocycles. The van der Waals surface area contributed by atoms with Gasteiger partial charge in [-0.1, -0.05) is 6.07 Å². The smallest absolute Gasteiger partial charge is 0.416 e. The molecule has 0 fully saturated rings. The van der Waals surface area contributed by atoms with Crippen molar-refractivity contribution >= 4 is 38.8 Å². The van der Waals surface area contributed by atoms with E-state index in [0.29, 0.717) is 24.4 Å². The number of hydrogen-bond donors (Lipinski definition) is 2. The average Bonchev–Trinajstić information content (AvgIpc) is 2.80. The number of benzene rings is 2. The molecule has 2 aromatic carbocycles. The minimum absolute atomic E-state index is 0. The Morgan fingerprint density at radius 3 is 2.27 bits per heavy atom. The van der Waals surface area contributed by atoms with Gasteiger partial charge in [0.1, 0.15) is 12.4 Å². The Bertz CT molecular complexity index is 798. The standard InChI is InChI=1S/C15H13F3N2O.BrH/c16-15(17,18)9-1-3-11-12-4-2-10(21-6-5-19)8-14(12)20-13(11)7-9;/h1-4,7-8,20H,5-6,19H2;1H. The molecule has 1 heterocycles. The second-order valence-corrected chi connectivity index (χ2v) is 4.73. The van der Waals surface area contributed by atoms with E-state index in [2.05, 4.69) is 4.98 Å². The van der Waals surface area contributed by atoms with Crippen molar-refractivity contribution in [2.45, 2.75) is 6.18 Å². The summed E-state index contributed by atoms with van der Waals surface area (Å²) in [5, 5.41) is 1.61. The third-order valence-corrected chi connectivity index (χ3v) is 3.28. The molecule has 3 aromatic rings. The Morgan fingerprint density at radius 2 is 1.64 bits per heavy atom. The van der Waals surface area contributed by atoms with Crippen LogP contribution in [0.5, 0.6) is 5.75 Å². The van der Waals surface area contributed by atoms with Crippen LogP contribution in [0.15, 0.2) is 36.4 Å². The summed E-state index contributed by atoms with van der Waals surface area (Å²) >= 11 is 0. The highest BCUT2D eigenvalue weighted by Gasteiger charge is 2.30. The monoisotopic (exact) mass is 374 g/mol. The van der Waals surface area contributed by atoms with Crippen molar-refractivity contribution in [3.8, 4) is 5.75 Å². The van der Waals surface area contributed by atoms with Gasteiger partial charge in [0.2, 0.25) is 0 Å². The molecule has 0 unspecified atom stereocenters. The zero-order valence-corrected chi connectivity index (χ0v) is 13.1. The number of aromatic amines is 1. The number of alkyl halides is 3. The van der Waals surface area contributed by atoms with Gasteiger partial charge in [-0.25, -0.2) is 0 Å². The van der Waals surface area contributed by atoms with Crippen LogP contribution in [0.3, 0.4) is 0 Å². The van der Waals surface area contributed by atoms with E-state index in [1.165, 1.54) is 6.07 Å². The Kier molecular flexibility index (Phi) is 4.67. The number of nitrogens with one attached hydrogen (secondary N) is 1. The first-order valence-corrected chi connectivity index (χ1v) is 6.44. The van der Waals surface area contributed by atoms with Crippen LogP contribution < -0.4 is 10.5 Å². The highest BCUT2D eigenvalue weighted by Crippen LogP contribution is 2.34. The molecule has 0 bridgehead atoms. The van der Waals surface area contributed by atoms with Crippen LogP contribution in [-0.2, 0) is 6.18 Å². The fourth-order valence-corrected chi connectivity index (χ4v) is 2.33. The molecule has 0 saturated carbocycles. The van der Waals surface area contributed by atoms with Crippen LogP contribution in [-0.4, -0.2) is 18.1 Å². The quantitative estimate of drug-likeness (QED) is 0.719. The van der Waals surface area contributed by atoms with Crippen LogP contribution in [0.25, 0.3) is 21.8 Å². The molecule has 118 valence electrons. The van der Waals surface area contributed by atoms with Crippen LogP contribution >= 0.6 is 17.0 Å². The van der Waals surface area contributed by atoms with Crippen LogP contribution in [0.4, 0.5) is 13.2 Å². The van der Waals surface area contributed by atoms with Gasteiger partial charge in [-0.3, -0.25) is 0 Å². The van der Waals surface area contributed by atoms with Crippen molar-refractivity contribution in [1.82, 2.24) is 4.98 Å². The number of aromatic nitrogens is 1. The Morgan fingerprint density at radius 1 is 1.00 bits per heavy atom. The zero-order chi connectivity index (χ0) is 15.0. The average molecular weight is 375 g/mol. The number of rotatable bonds is 3. The number of fused-ring (bicyclic) bond motifs is 3. The van der Waals surface area contributed by atoms with E-state index < -0.39 is 11.7 Å². The lowest BCUT2D eigenvalue weighted by atomic mass is 10.1. The SMILES string of the molecule is Br.NCCOc1ccc2c(c1)[nH]c1cc(C(F)(F)F)ccc12. The predicted molar refractivity (Wildman–Crippen MR) is 85.7 cm³/mol. The molecule has 0 aliphatic rings. The summed E-state index contributed by atoms with van der Waals surface area (Å²) in [5.41, 5.74) is 5.89. The predicted octanol–water partition coefficient (Wildman–Crippen LogP) is 4.26. The summed E-state index contributed by atoms with van der Waals surface area (Å²) in [6.45, 7) is 0.795.